The van der Waals surface area contributed by atoms with Gasteiger partial charge in [-0.1, -0.05) is 91.0 Å². The van der Waals surface area contributed by atoms with Crippen molar-refractivity contribution in [1.29, 1.82) is 0 Å². The van der Waals surface area contributed by atoms with Crippen LogP contribution in [0.15, 0.2) is 91.0 Å². The number of benzene rings is 3. The van der Waals surface area contributed by atoms with E-state index in [0.29, 0.717) is 19.8 Å². The zero-order chi connectivity index (χ0) is 23.5. The lowest BCUT2D eigenvalue weighted by Crippen LogP contribution is -2.30. The van der Waals surface area contributed by atoms with Crippen LogP contribution in [0, 0.1) is 0 Å². The van der Waals surface area contributed by atoms with E-state index in [4.69, 9.17) is 14.0 Å². The van der Waals surface area contributed by atoms with Gasteiger partial charge in [0.2, 0.25) is 0 Å². The van der Waals surface area contributed by atoms with Gasteiger partial charge in [0.15, 0.2) is 0 Å². The zero-order valence-corrected chi connectivity index (χ0v) is 22.0. The monoisotopic (exact) mass is 512 g/mol. The summed E-state index contributed by atoms with van der Waals surface area (Å²) >= 11 is 5.59. The van der Waals surface area contributed by atoms with E-state index in [1.165, 1.54) is 16.7 Å². The molecule has 0 aliphatic rings. The Morgan fingerprint density at radius 2 is 0.735 bits per heavy atom. The second-order valence-electron chi connectivity index (χ2n) is 7.52. The van der Waals surface area contributed by atoms with Gasteiger partial charge in [0, 0.05) is 54.3 Å². The van der Waals surface area contributed by atoms with E-state index in [-0.39, 0.29) is 0 Å². The fourth-order valence-electron chi connectivity index (χ4n) is 3.05. The number of rotatable bonds is 18. The summed E-state index contributed by atoms with van der Waals surface area (Å²) in [5.74, 6) is 5.69. The molecule has 0 heterocycles. The van der Waals surface area contributed by atoms with Gasteiger partial charge in [-0.15, -0.1) is 0 Å². The molecule has 180 valence electrons. The molecule has 0 bridgehead atoms. The molecule has 0 spiro atoms. The van der Waals surface area contributed by atoms with Crippen LogP contribution in [0.1, 0.15) is 16.7 Å². The highest BCUT2D eigenvalue weighted by molar-refractivity contribution is 7.98. The standard InChI is InChI=1S/C27H33BO3S3/c1-4-10-25(11-5-1)22-32-19-16-29-28(30-17-20-33-23-26-12-6-2-7-13-26)31-18-21-34-24-27-14-8-3-9-15-27/h1-15H,16-24H2. The second kappa shape index (κ2) is 18.0. The lowest BCUT2D eigenvalue weighted by Gasteiger charge is -2.15. The van der Waals surface area contributed by atoms with Crippen molar-refractivity contribution in [2.24, 2.45) is 0 Å². The minimum atomic E-state index is -0.605. The van der Waals surface area contributed by atoms with Crippen LogP contribution in [0.4, 0.5) is 0 Å². The van der Waals surface area contributed by atoms with Gasteiger partial charge in [0.05, 0.1) is 0 Å². The Balaban J connectivity index is 1.30. The lowest BCUT2D eigenvalue weighted by molar-refractivity contribution is 0.109. The van der Waals surface area contributed by atoms with E-state index < -0.39 is 7.32 Å². The summed E-state index contributed by atoms with van der Waals surface area (Å²) in [5, 5.41) is 0. The quantitative estimate of drug-likeness (QED) is 0.137. The average molecular weight is 513 g/mol. The Morgan fingerprint density at radius 3 is 1.03 bits per heavy atom. The molecule has 0 aliphatic carbocycles. The van der Waals surface area contributed by atoms with E-state index in [9.17, 15) is 0 Å². The van der Waals surface area contributed by atoms with E-state index in [1.807, 2.05) is 53.5 Å². The third-order valence-electron chi connectivity index (χ3n) is 4.78. The third-order valence-corrected chi connectivity index (χ3v) is 7.76. The van der Waals surface area contributed by atoms with Gasteiger partial charge in [0.1, 0.15) is 0 Å². The van der Waals surface area contributed by atoms with E-state index >= 15 is 0 Å². The van der Waals surface area contributed by atoms with Crippen LogP contribution < -0.4 is 0 Å². The van der Waals surface area contributed by atoms with Crippen molar-refractivity contribution in [2.75, 3.05) is 37.1 Å². The summed E-state index contributed by atoms with van der Waals surface area (Å²) < 4.78 is 17.8. The molecule has 0 atom stereocenters. The number of hydrogen-bond acceptors (Lipinski definition) is 6. The summed E-state index contributed by atoms with van der Waals surface area (Å²) in [6.07, 6.45) is 0. The maximum absolute atomic E-state index is 5.93. The Morgan fingerprint density at radius 1 is 0.441 bits per heavy atom. The molecule has 0 amide bonds. The van der Waals surface area contributed by atoms with Crippen LogP contribution in [0.2, 0.25) is 0 Å². The Bertz CT molecular complexity index is 754. The maximum Gasteiger partial charge on any atom is 0.639 e. The minimum Gasteiger partial charge on any atom is -0.385 e. The van der Waals surface area contributed by atoms with Crippen molar-refractivity contribution >= 4 is 42.6 Å². The van der Waals surface area contributed by atoms with Gasteiger partial charge in [-0.25, -0.2) is 0 Å². The molecule has 0 fully saturated rings. The van der Waals surface area contributed by atoms with Crippen molar-refractivity contribution in [3.05, 3.63) is 108 Å². The fourth-order valence-corrected chi connectivity index (χ4v) is 5.41. The second-order valence-corrected chi connectivity index (χ2v) is 10.8. The van der Waals surface area contributed by atoms with Crippen molar-refractivity contribution in [3.63, 3.8) is 0 Å². The van der Waals surface area contributed by atoms with E-state index in [2.05, 4.69) is 72.8 Å². The molecular weight excluding hydrogens is 479 g/mol. The molecule has 0 saturated carbocycles. The van der Waals surface area contributed by atoms with E-state index in [0.717, 1.165) is 34.5 Å². The first-order valence-corrected chi connectivity index (χ1v) is 15.1. The third kappa shape index (κ3) is 12.4. The molecule has 0 aromatic heterocycles. The van der Waals surface area contributed by atoms with Crippen LogP contribution in [0.5, 0.6) is 0 Å². The molecule has 0 saturated heterocycles. The highest BCUT2D eigenvalue weighted by Crippen LogP contribution is 2.14. The molecule has 3 aromatic carbocycles. The Labute approximate surface area is 217 Å². The van der Waals surface area contributed by atoms with Gasteiger partial charge in [-0.2, -0.15) is 35.3 Å². The van der Waals surface area contributed by atoms with Gasteiger partial charge >= 0.3 is 7.32 Å². The Hall–Kier alpha value is -1.35. The van der Waals surface area contributed by atoms with Crippen LogP contribution in [0.25, 0.3) is 0 Å². The van der Waals surface area contributed by atoms with Crippen molar-refractivity contribution in [1.82, 2.24) is 0 Å². The normalized spacial score (nSPS) is 10.9. The van der Waals surface area contributed by atoms with Gasteiger partial charge in [-0.05, 0) is 16.7 Å². The lowest BCUT2D eigenvalue weighted by atomic mass is 10.2. The zero-order valence-electron chi connectivity index (χ0n) is 19.6. The molecule has 0 aliphatic heterocycles. The predicted octanol–water partition coefficient (Wildman–Crippen LogP) is 6.82. The van der Waals surface area contributed by atoms with Crippen LogP contribution in [-0.2, 0) is 31.2 Å². The largest absolute Gasteiger partial charge is 0.639 e. The van der Waals surface area contributed by atoms with E-state index in [1.54, 1.807) is 0 Å². The first-order chi connectivity index (χ1) is 16.9. The number of thioether (sulfide) groups is 3. The van der Waals surface area contributed by atoms with Crippen molar-refractivity contribution < 1.29 is 14.0 Å². The molecule has 0 unspecified atom stereocenters. The molecular formula is C27H33BO3S3. The molecule has 34 heavy (non-hydrogen) atoms. The molecule has 7 heteroatoms. The summed E-state index contributed by atoms with van der Waals surface area (Å²) in [7, 11) is -0.605. The highest BCUT2D eigenvalue weighted by atomic mass is 32.2. The van der Waals surface area contributed by atoms with Crippen molar-refractivity contribution in [2.45, 2.75) is 17.3 Å². The van der Waals surface area contributed by atoms with Gasteiger partial charge in [-0.3, -0.25) is 0 Å². The summed E-state index contributed by atoms with van der Waals surface area (Å²) in [4.78, 5) is 0. The maximum atomic E-state index is 5.93. The Kier molecular flexibility index (Phi) is 14.4. The summed E-state index contributed by atoms with van der Waals surface area (Å²) in [6.45, 7) is 1.82. The molecule has 0 N–H and O–H groups in total. The molecule has 3 nitrogen and oxygen atoms in total. The fraction of sp³-hybridized carbons (Fsp3) is 0.333. The highest BCUT2D eigenvalue weighted by Gasteiger charge is 2.21. The topological polar surface area (TPSA) is 27.7 Å². The minimum absolute atomic E-state index is 0.605. The van der Waals surface area contributed by atoms with Gasteiger partial charge in [0.25, 0.3) is 0 Å². The molecule has 3 rings (SSSR count). The average Bonchev–Trinajstić information content (AvgIpc) is 2.89. The first-order valence-electron chi connectivity index (χ1n) is 11.6. The number of hydrogen-bond donors (Lipinski definition) is 0. The summed E-state index contributed by atoms with van der Waals surface area (Å²) in [5.41, 5.74) is 4.01. The van der Waals surface area contributed by atoms with Crippen LogP contribution in [-0.4, -0.2) is 44.4 Å². The van der Waals surface area contributed by atoms with Crippen LogP contribution >= 0.6 is 35.3 Å². The molecule has 3 aromatic rings. The molecule has 0 radical (unpaired) electrons. The summed E-state index contributed by atoms with van der Waals surface area (Å²) in [6, 6.07) is 31.6. The van der Waals surface area contributed by atoms with Crippen LogP contribution in [0.3, 0.4) is 0 Å². The first kappa shape index (κ1) is 27.2. The predicted molar refractivity (Wildman–Crippen MR) is 151 cm³/mol. The SMILES string of the molecule is c1ccc(CSCCOB(OCCSCc2ccccc2)OCCSCc2ccccc2)cc1. The van der Waals surface area contributed by atoms with Gasteiger partial charge < -0.3 is 14.0 Å². The van der Waals surface area contributed by atoms with Crippen molar-refractivity contribution in [3.8, 4) is 0 Å². The smallest absolute Gasteiger partial charge is 0.385 e.